The fourth-order valence-electron chi connectivity index (χ4n) is 4.17. The molecule has 1 aliphatic heterocycles. The van der Waals surface area contributed by atoms with Gasteiger partial charge in [0.25, 0.3) is 0 Å². The molecule has 1 fully saturated rings. The first-order valence-corrected chi connectivity index (χ1v) is 13.3. The third-order valence-corrected chi connectivity index (χ3v) is 7.33. The molecule has 2 aromatic carbocycles. The lowest BCUT2D eigenvalue weighted by Gasteiger charge is -2.40. The number of para-hydroxylation sites is 1. The number of aliphatic carboxylic acids is 1. The second-order valence-corrected chi connectivity index (χ2v) is 11.3. The lowest BCUT2D eigenvalue weighted by molar-refractivity contribution is -0.205. The van der Waals surface area contributed by atoms with E-state index in [0.717, 1.165) is 16.7 Å². The summed E-state index contributed by atoms with van der Waals surface area (Å²) in [6.07, 6.45) is -7.52. The van der Waals surface area contributed by atoms with Gasteiger partial charge >= 0.3 is 18.0 Å². The van der Waals surface area contributed by atoms with Crippen LogP contribution in [-0.2, 0) is 20.7 Å². The van der Waals surface area contributed by atoms with Crippen LogP contribution in [0.5, 0.6) is 0 Å². The van der Waals surface area contributed by atoms with Crippen molar-refractivity contribution in [3.8, 4) is 0 Å². The lowest BCUT2D eigenvalue weighted by Crippen LogP contribution is -2.57. The van der Waals surface area contributed by atoms with E-state index >= 15 is 0 Å². The SMILES string of the molecule is CC(C)(C)OC(=O)N(c1ccccc1)[C@@H](Cc1c(S[C@H]2O[C@H](CO)[C@@H](O)[C@H](O)[C@@H]2O)cccc1C(=O)O)C(=O)O. The highest BCUT2D eigenvalue weighted by Gasteiger charge is 2.44. The molecule has 0 unspecified atom stereocenters. The summed E-state index contributed by atoms with van der Waals surface area (Å²) in [7, 11) is 0. The van der Waals surface area contributed by atoms with E-state index < -0.39 is 72.6 Å². The minimum absolute atomic E-state index is 0.0221. The Bertz CT molecular complexity index is 1200. The molecule has 218 valence electrons. The normalized spacial score (nSPS) is 23.7. The number of amides is 1. The molecule has 6 N–H and O–H groups in total. The van der Waals surface area contributed by atoms with Gasteiger partial charge in [0.1, 0.15) is 41.5 Å². The van der Waals surface area contributed by atoms with Crippen LogP contribution >= 0.6 is 11.8 Å². The zero-order chi connectivity index (χ0) is 29.8. The van der Waals surface area contributed by atoms with Crippen LogP contribution in [0.2, 0.25) is 0 Å². The van der Waals surface area contributed by atoms with Crippen LogP contribution in [0.25, 0.3) is 0 Å². The van der Waals surface area contributed by atoms with Crippen LogP contribution in [0.15, 0.2) is 53.4 Å². The van der Waals surface area contributed by atoms with Crippen LogP contribution in [0, 0.1) is 0 Å². The quantitative estimate of drug-likeness (QED) is 0.252. The molecule has 13 heteroatoms. The van der Waals surface area contributed by atoms with Crippen LogP contribution in [0.3, 0.4) is 0 Å². The fraction of sp³-hybridized carbons (Fsp3) is 0.444. The number of hydrogen-bond donors (Lipinski definition) is 6. The summed E-state index contributed by atoms with van der Waals surface area (Å²) in [5.74, 6) is -2.79. The molecule has 0 aliphatic carbocycles. The molecule has 1 amide bonds. The lowest BCUT2D eigenvalue weighted by atomic mass is 9.98. The maximum absolute atomic E-state index is 13.3. The maximum atomic E-state index is 13.3. The topological polar surface area (TPSA) is 194 Å². The summed E-state index contributed by atoms with van der Waals surface area (Å²) in [5, 5.41) is 60.5. The first-order chi connectivity index (χ1) is 18.7. The highest BCUT2D eigenvalue weighted by molar-refractivity contribution is 7.99. The number of rotatable bonds is 9. The Morgan fingerprint density at radius 1 is 0.975 bits per heavy atom. The number of benzene rings is 2. The zero-order valence-electron chi connectivity index (χ0n) is 22.1. The Morgan fingerprint density at radius 2 is 1.62 bits per heavy atom. The number of aromatic carboxylic acids is 1. The maximum Gasteiger partial charge on any atom is 0.415 e. The van der Waals surface area contributed by atoms with E-state index in [9.17, 15) is 45.0 Å². The Hall–Kier alpha value is -3.20. The molecule has 0 saturated carbocycles. The average Bonchev–Trinajstić information content (AvgIpc) is 2.88. The van der Waals surface area contributed by atoms with Crippen molar-refractivity contribution in [3.63, 3.8) is 0 Å². The molecule has 1 saturated heterocycles. The van der Waals surface area contributed by atoms with Crippen molar-refractivity contribution in [1.82, 2.24) is 0 Å². The number of thioether (sulfide) groups is 1. The molecule has 12 nitrogen and oxygen atoms in total. The third-order valence-electron chi connectivity index (χ3n) is 6.07. The standard InChI is InChI=1S/C27H33NO11S/c1-27(2,3)39-26(37)28(14-8-5-4-6-9-14)17(24(35)36)12-16-15(23(33)34)10-7-11-19(16)40-25-22(32)21(31)20(30)18(13-29)38-25/h4-11,17-18,20-22,25,29-32H,12-13H2,1-3H3,(H,33,34)(H,35,36)/t17-,18+,20+,21-,22-,25+/m0/s1. The van der Waals surface area contributed by atoms with Crippen molar-refractivity contribution in [1.29, 1.82) is 0 Å². The van der Waals surface area contributed by atoms with Crippen molar-refractivity contribution >= 4 is 35.5 Å². The number of carbonyl (C=O) groups is 3. The average molecular weight is 580 g/mol. The van der Waals surface area contributed by atoms with E-state index in [1.54, 1.807) is 39.0 Å². The van der Waals surface area contributed by atoms with Gasteiger partial charge in [0.15, 0.2) is 0 Å². The molecule has 2 aromatic rings. The van der Waals surface area contributed by atoms with Gasteiger partial charge in [-0.2, -0.15) is 0 Å². The molecule has 0 aromatic heterocycles. The predicted molar refractivity (Wildman–Crippen MR) is 143 cm³/mol. The van der Waals surface area contributed by atoms with E-state index in [0.29, 0.717) is 0 Å². The molecule has 3 rings (SSSR count). The highest BCUT2D eigenvalue weighted by atomic mass is 32.2. The monoisotopic (exact) mass is 579 g/mol. The van der Waals surface area contributed by atoms with E-state index in [1.165, 1.54) is 30.3 Å². The largest absolute Gasteiger partial charge is 0.480 e. The molecule has 1 heterocycles. The number of aliphatic hydroxyl groups excluding tert-OH is 4. The highest BCUT2D eigenvalue weighted by Crippen LogP contribution is 2.37. The minimum atomic E-state index is -1.66. The molecule has 0 spiro atoms. The first kappa shape index (κ1) is 31.3. The van der Waals surface area contributed by atoms with Crippen molar-refractivity contribution in [2.24, 2.45) is 0 Å². The summed E-state index contributed by atoms with van der Waals surface area (Å²) in [5.41, 5.74) is -2.24. The number of aliphatic hydroxyl groups is 4. The van der Waals surface area contributed by atoms with Crippen LogP contribution < -0.4 is 4.90 Å². The number of carboxylic acid groups (broad SMARTS) is 2. The predicted octanol–water partition coefficient (Wildman–Crippen LogP) is 1.71. The second kappa shape index (κ2) is 13.0. The molecule has 0 radical (unpaired) electrons. The van der Waals surface area contributed by atoms with Gasteiger partial charge in [-0.05, 0) is 50.6 Å². The first-order valence-electron chi connectivity index (χ1n) is 12.4. The van der Waals surface area contributed by atoms with Gasteiger partial charge in [-0.3, -0.25) is 4.90 Å². The Morgan fingerprint density at radius 3 is 2.17 bits per heavy atom. The van der Waals surface area contributed by atoms with Crippen molar-refractivity contribution in [3.05, 3.63) is 59.7 Å². The van der Waals surface area contributed by atoms with E-state index in [-0.39, 0.29) is 21.7 Å². The number of carboxylic acids is 2. The van der Waals surface area contributed by atoms with Gasteiger partial charge in [-0.15, -0.1) is 0 Å². The fourth-order valence-corrected chi connectivity index (χ4v) is 5.41. The van der Waals surface area contributed by atoms with E-state index in [1.807, 2.05) is 0 Å². The van der Waals surface area contributed by atoms with Gasteiger partial charge in [0, 0.05) is 17.0 Å². The Labute approximate surface area is 234 Å². The van der Waals surface area contributed by atoms with Crippen LogP contribution in [0.1, 0.15) is 36.7 Å². The van der Waals surface area contributed by atoms with Crippen molar-refractivity contribution < 1.29 is 54.5 Å². The molecule has 40 heavy (non-hydrogen) atoms. The van der Waals surface area contributed by atoms with Gasteiger partial charge in [-0.1, -0.05) is 36.0 Å². The number of ether oxygens (including phenoxy) is 2. The summed E-state index contributed by atoms with van der Waals surface area (Å²) in [6, 6.07) is 10.5. The number of anilines is 1. The Balaban J connectivity index is 2.07. The Kier molecular flexibility index (Phi) is 10.2. The second-order valence-electron chi connectivity index (χ2n) is 10.1. The summed E-state index contributed by atoms with van der Waals surface area (Å²) >= 11 is 0.790. The summed E-state index contributed by atoms with van der Waals surface area (Å²) < 4.78 is 11.0. The zero-order valence-corrected chi connectivity index (χ0v) is 22.9. The smallest absolute Gasteiger partial charge is 0.415 e. The van der Waals surface area contributed by atoms with Crippen LogP contribution in [-0.4, -0.2) is 96.8 Å². The number of carbonyl (C=O) groups excluding carboxylic acids is 1. The third kappa shape index (κ3) is 7.30. The molecular weight excluding hydrogens is 546 g/mol. The van der Waals surface area contributed by atoms with E-state index in [2.05, 4.69) is 0 Å². The van der Waals surface area contributed by atoms with Gasteiger partial charge in [0.05, 0.1) is 12.2 Å². The molecule has 6 atom stereocenters. The minimum Gasteiger partial charge on any atom is -0.480 e. The van der Waals surface area contributed by atoms with Crippen molar-refractivity contribution in [2.75, 3.05) is 11.5 Å². The van der Waals surface area contributed by atoms with Gasteiger partial charge in [-0.25, -0.2) is 14.4 Å². The van der Waals surface area contributed by atoms with E-state index in [4.69, 9.17) is 9.47 Å². The van der Waals surface area contributed by atoms with Crippen LogP contribution in [0.4, 0.5) is 10.5 Å². The molecule has 1 aliphatic rings. The van der Waals surface area contributed by atoms with Gasteiger partial charge in [0.2, 0.25) is 0 Å². The number of hydrogen-bond acceptors (Lipinski definition) is 10. The summed E-state index contributed by atoms with van der Waals surface area (Å²) in [4.78, 5) is 39.2. The summed E-state index contributed by atoms with van der Waals surface area (Å²) in [6.45, 7) is 4.21. The molecule has 0 bridgehead atoms. The van der Waals surface area contributed by atoms with Crippen molar-refractivity contribution in [2.45, 2.75) is 73.6 Å². The van der Waals surface area contributed by atoms with Gasteiger partial charge < -0.3 is 40.1 Å². The number of nitrogens with zero attached hydrogens (tertiary/aromatic N) is 1. The molecular formula is C27H33NO11S.